The van der Waals surface area contributed by atoms with Crippen molar-refractivity contribution in [1.82, 2.24) is 21.3 Å². The van der Waals surface area contributed by atoms with Gasteiger partial charge in [0.2, 0.25) is 23.6 Å². The third-order valence-corrected chi connectivity index (χ3v) is 13.3. The van der Waals surface area contributed by atoms with Crippen molar-refractivity contribution in [1.29, 1.82) is 0 Å². The first kappa shape index (κ1) is 42.8. The zero-order valence-electron chi connectivity index (χ0n) is 33.5. The molecule has 15 nitrogen and oxygen atoms in total. The highest BCUT2D eigenvalue weighted by atomic mass is 16.7. The zero-order chi connectivity index (χ0) is 40.8. The number of fused-ring (bicyclic) bond motifs is 7. The van der Waals surface area contributed by atoms with Gasteiger partial charge in [0.05, 0.1) is 37.9 Å². The van der Waals surface area contributed by atoms with Crippen molar-refractivity contribution in [3.63, 3.8) is 0 Å². The van der Waals surface area contributed by atoms with Crippen LogP contribution in [-0.4, -0.2) is 110 Å². The summed E-state index contributed by atoms with van der Waals surface area (Å²) in [4.78, 5) is 75.6. The number of ketones is 2. The number of ether oxygens (including phenoxy) is 4. The molecule has 3 saturated carbocycles. The smallest absolute Gasteiger partial charge is 0.246 e. The largest absolute Gasteiger partial charge is 0.393 e. The number of carbonyl (C=O) groups excluding carboxylic acids is 6. The van der Waals surface area contributed by atoms with Gasteiger partial charge in [-0.1, -0.05) is 63.8 Å². The van der Waals surface area contributed by atoms with Crippen LogP contribution in [-0.2, 0) is 47.7 Å². The molecule has 0 aromatic heterocycles. The molecular weight excluding hydrogens is 736 g/mol. The first-order chi connectivity index (χ1) is 27.3. The lowest BCUT2D eigenvalue weighted by Gasteiger charge is -2.59. The molecule has 6 aliphatic rings. The monoisotopic (exact) mass is 796 g/mol. The van der Waals surface area contributed by atoms with E-state index in [0.717, 1.165) is 56.9 Å². The fraction of sp³-hybridized carbons (Fsp3) is 0.714. The van der Waals surface area contributed by atoms with Crippen molar-refractivity contribution in [3.8, 4) is 0 Å². The lowest BCUT2D eigenvalue weighted by atomic mass is 9.46. The fourth-order valence-electron chi connectivity index (χ4n) is 10.6. The van der Waals surface area contributed by atoms with E-state index in [2.05, 4.69) is 34.3 Å². The average molecular weight is 797 g/mol. The van der Waals surface area contributed by atoms with E-state index in [1.54, 1.807) is 12.2 Å². The van der Waals surface area contributed by atoms with Gasteiger partial charge in [-0.2, -0.15) is 0 Å². The van der Waals surface area contributed by atoms with Crippen LogP contribution < -0.4 is 21.3 Å². The summed E-state index contributed by atoms with van der Waals surface area (Å²) in [6.45, 7) is 4.21. The summed E-state index contributed by atoms with van der Waals surface area (Å²) in [5, 5.41) is 21.7. The van der Waals surface area contributed by atoms with E-state index < -0.39 is 71.6 Å². The summed E-state index contributed by atoms with van der Waals surface area (Å²) in [5.41, 5.74) is -1.49. The van der Waals surface area contributed by atoms with E-state index >= 15 is 0 Å². The Morgan fingerprint density at radius 2 is 1.65 bits per heavy atom. The van der Waals surface area contributed by atoms with Gasteiger partial charge in [-0.25, -0.2) is 0 Å². The van der Waals surface area contributed by atoms with Crippen LogP contribution in [0.25, 0.3) is 0 Å². The van der Waals surface area contributed by atoms with Crippen LogP contribution in [0.15, 0.2) is 36.0 Å². The summed E-state index contributed by atoms with van der Waals surface area (Å²) >= 11 is 0. The van der Waals surface area contributed by atoms with Gasteiger partial charge in [-0.05, 0) is 75.4 Å². The van der Waals surface area contributed by atoms with E-state index in [0.29, 0.717) is 19.3 Å². The van der Waals surface area contributed by atoms with E-state index in [4.69, 9.17) is 18.9 Å². The average Bonchev–Trinajstić information content (AvgIpc) is 3.65. The van der Waals surface area contributed by atoms with Crippen LogP contribution in [0.2, 0.25) is 0 Å². The maximum absolute atomic E-state index is 14.3. The second-order valence-corrected chi connectivity index (χ2v) is 16.9. The highest BCUT2D eigenvalue weighted by Gasteiger charge is 2.75. The summed E-state index contributed by atoms with van der Waals surface area (Å²) in [7, 11) is 0. The minimum absolute atomic E-state index is 0.0245. The molecule has 4 amide bonds. The minimum Gasteiger partial charge on any atom is -0.393 e. The van der Waals surface area contributed by atoms with Crippen molar-refractivity contribution >= 4 is 35.2 Å². The van der Waals surface area contributed by atoms with E-state index in [1.165, 1.54) is 0 Å². The zero-order valence-corrected chi connectivity index (χ0v) is 33.5. The van der Waals surface area contributed by atoms with Crippen molar-refractivity contribution in [3.05, 3.63) is 36.0 Å². The molecule has 1 aliphatic heterocycles. The number of Topliss-reactive ketones (excluding diaryl/α,β-unsaturated/α-hetero) is 1. The van der Waals surface area contributed by atoms with Crippen molar-refractivity contribution in [2.75, 3.05) is 39.6 Å². The summed E-state index contributed by atoms with van der Waals surface area (Å²) in [6.07, 6.45) is 16.4. The van der Waals surface area contributed by atoms with Gasteiger partial charge in [0.15, 0.2) is 23.5 Å². The maximum atomic E-state index is 14.3. The van der Waals surface area contributed by atoms with E-state index in [-0.39, 0.29) is 61.9 Å². The van der Waals surface area contributed by atoms with Crippen LogP contribution in [0.4, 0.5) is 0 Å². The van der Waals surface area contributed by atoms with Gasteiger partial charge in [0.25, 0.3) is 0 Å². The molecule has 6 rings (SSSR count). The number of rotatable bonds is 16. The molecule has 4 fully saturated rings. The summed E-state index contributed by atoms with van der Waals surface area (Å²) in [5.74, 6) is -2.53. The molecule has 10 atom stereocenters. The minimum atomic E-state index is -1.34. The molecule has 2 unspecified atom stereocenters. The highest BCUT2D eigenvalue weighted by molar-refractivity contribution is 6.01. The highest BCUT2D eigenvalue weighted by Crippen LogP contribution is 2.69. The lowest BCUT2D eigenvalue weighted by Crippen LogP contribution is -2.63. The standard InChI is InChI=1S/C42H60N4O11/c1-4-10-38-56-33-18-30-29-14-13-26-17-27(47)15-16-40(26,2)39(29)31(48)19-41(30,3)42(33,57-38)32(49)23-54-25-46-36(52)22-44-34(50)20-43-35(51)21-45-37(53)24-55-28-11-8-6-5-7-9-12-28/h8,11,15-17,28-31,33,38-39,48H,4-7,9-10,12-14,18-25H2,1-3H3,(H,43,51)(H,44,50)(H,45,53)(H,46,52)/b11-8-/t28?,29-,30-,31-,33+,38?,39+,40-,41-,42+/m0/s1. The Morgan fingerprint density at radius 3 is 2.39 bits per heavy atom. The topological polar surface area (TPSA) is 208 Å². The van der Waals surface area contributed by atoms with E-state index in [1.807, 2.05) is 26.0 Å². The quantitative estimate of drug-likeness (QED) is 0.0869. The molecule has 1 saturated heterocycles. The van der Waals surface area contributed by atoms with Crippen LogP contribution in [0.3, 0.4) is 0 Å². The van der Waals surface area contributed by atoms with Gasteiger partial charge in [-0.3, -0.25) is 28.8 Å². The molecule has 5 aliphatic carbocycles. The molecule has 0 spiro atoms. The Kier molecular flexibility index (Phi) is 13.9. The molecule has 0 aromatic rings. The number of nitrogens with one attached hydrogen (secondary N) is 4. The molecule has 57 heavy (non-hydrogen) atoms. The van der Waals surface area contributed by atoms with E-state index in [9.17, 15) is 33.9 Å². The van der Waals surface area contributed by atoms with Gasteiger partial charge >= 0.3 is 0 Å². The Labute approximate surface area is 334 Å². The van der Waals surface area contributed by atoms with Gasteiger partial charge < -0.3 is 45.3 Å². The predicted octanol–water partition coefficient (Wildman–Crippen LogP) is 2.07. The number of allylic oxidation sites excluding steroid dienone is 5. The number of hydrogen-bond donors (Lipinski definition) is 5. The van der Waals surface area contributed by atoms with Gasteiger partial charge in [0.1, 0.15) is 19.9 Å². The number of amides is 4. The molecule has 0 bridgehead atoms. The van der Waals surface area contributed by atoms with Crippen molar-refractivity contribution in [2.45, 2.75) is 122 Å². The van der Waals surface area contributed by atoms with Crippen LogP contribution in [0.5, 0.6) is 0 Å². The molecule has 314 valence electrons. The summed E-state index contributed by atoms with van der Waals surface area (Å²) in [6, 6.07) is 0. The second-order valence-electron chi connectivity index (χ2n) is 16.9. The van der Waals surface area contributed by atoms with Gasteiger partial charge in [0, 0.05) is 16.7 Å². The molecule has 5 N–H and O–H groups in total. The normalized spacial score (nSPS) is 35.9. The molecule has 0 aromatic carbocycles. The first-order valence-electron chi connectivity index (χ1n) is 20.7. The molecule has 15 heteroatoms. The van der Waals surface area contributed by atoms with Crippen LogP contribution in [0.1, 0.15) is 91.4 Å². The third kappa shape index (κ3) is 9.12. The Hall–Kier alpha value is -3.76. The van der Waals surface area contributed by atoms with Crippen molar-refractivity contribution in [2.24, 2.45) is 28.6 Å². The lowest BCUT2D eigenvalue weighted by molar-refractivity contribution is -0.201. The third-order valence-electron chi connectivity index (χ3n) is 13.3. The summed E-state index contributed by atoms with van der Waals surface area (Å²) < 4.78 is 24.4. The number of carbonyl (C=O) groups is 6. The van der Waals surface area contributed by atoms with Gasteiger partial charge in [-0.15, -0.1) is 0 Å². The molecule has 1 heterocycles. The predicted molar refractivity (Wildman–Crippen MR) is 206 cm³/mol. The number of aliphatic hydroxyl groups excluding tert-OH is 1. The SMILES string of the molecule is CCCC1O[C@@H]2C[C@H]3[C@@H]4CCC5=CC(=O)C=C[C@]5(C)[C@H]4[C@@H](O)C[C@]3(C)[C@]2(C(=O)COCNC(=O)CNC(=O)CNC(=O)CNC(=O)COC2/C=C\CCCCC2)O1. The Balaban J connectivity index is 0.937. The molecule has 0 radical (unpaired) electrons. The Bertz CT molecular complexity index is 1650. The van der Waals surface area contributed by atoms with Crippen LogP contribution >= 0.6 is 0 Å². The number of hydrogen-bond acceptors (Lipinski definition) is 11. The number of aliphatic hydroxyl groups is 1. The van der Waals surface area contributed by atoms with Crippen molar-refractivity contribution < 1.29 is 52.8 Å². The Morgan fingerprint density at radius 1 is 0.930 bits per heavy atom. The van der Waals surface area contributed by atoms with Crippen LogP contribution in [0, 0.1) is 28.6 Å². The maximum Gasteiger partial charge on any atom is 0.246 e. The second kappa shape index (κ2) is 18.4. The molecular formula is C42H60N4O11. The first-order valence-corrected chi connectivity index (χ1v) is 20.7. The fourth-order valence-corrected chi connectivity index (χ4v) is 10.6.